The molecule has 2 aromatic rings. The fraction of sp³-hybridized carbons (Fsp3) is 0.478. The fourth-order valence-corrected chi connectivity index (χ4v) is 4.99. The lowest BCUT2D eigenvalue weighted by Gasteiger charge is -2.30. The number of nitrogens with zero attached hydrogens (tertiary/aromatic N) is 2. The average molecular weight is 348 g/mol. The second kappa shape index (κ2) is 6.71. The molecule has 2 saturated heterocycles. The molecule has 26 heavy (non-hydrogen) atoms. The highest BCUT2D eigenvalue weighted by molar-refractivity contribution is 5.89. The molecule has 2 unspecified atom stereocenters. The molecule has 1 N–H and O–H groups in total. The molecule has 2 atom stereocenters. The van der Waals surface area contributed by atoms with E-state index in [1.54, 1.807) is 5.57 Å². The maximum Gasteiger partial charge on any atom is 0.0373 e. The van der Waals surface area contributed by atoms with Crippen molar-refractivity contribution in [3.63, 3.8) is 0 Å². The first kappa shape index (κ1) is 16.3. The Morgan fingerprint density at radius 2 is 1.85 bits per heavy atom. The van der Waals surface area contributed by atoms with Gasteiger partial charge in [-0.3, -0.25) is 4.90 Å². The van der Waals surface area contributed by atoms with Gasteiger partial charge in [-0.05, 0) is 79.4 Å². The van der Waals surface area contributed by atoms with E-state index in [2.05, 4.69) is 64.6 Å². The maximum atomic E-state index is 3.49. The van der Waals surface area contributed by atoms with Crippen molar-refractivity contribution in [2.45, 2.75) is 37.8 Å². The normalized spacial score (nSPS) is 26.8. The van der Waals surface area contributed by atoms with E-state index < -0.39 is 0 Å². The minimum atomic E-state index is 0.651. The average Bonchev–Trinajstić information content (AvgIpc) is 2.93. The molecule has 0 amide bonds. The monoisotopic (exact) mass is 347 g/mol. The van der Waals surface area contributed by atoms with Gasteiger partial charge in [0, 0.05) is 37.4 Å². The van der Waals surface area contributed by atoms with Gasteiger partial charge in [-0.2, -0.15) is 0 Å². The highest BCUT2D eigenvalue weighted by Crippen LogP contribution is 2.38. The van der Waals surface area contributed by atoms with Crippen LogP contribution in [-0.2, 0) is 0 Å². The van der Waals surface area contributed by atoms with Crippen molar-refractivity contribution in [1.29, 1.82) is 0 Å². The zero-order valence-electron chi connectivity index (χ0n) is 15.7. The quantitative estimate of drug-likeness (QED) is 0.889. The van der Waals surface area contributed by atoms with E-state index in [1.165, 1.54) is 47.7 Å². The number of hydrogen-bond donors (Lipinski definition) is 1. The molecule has 136 valence electrons. The summed E-state index contributed by atoms with van der Waals surface area (Å²) in [5, 5.41) is 6.22. The number of hydrogen-bond acceptors (Lipinski definition) is 3. The summed E-state index contributed by atoms with van der Waals surface area (Å²) < 4.78 is 0. The molecular weight excluding hydrogens is 318 g/mol. The Kier molecular flexibility index (Phi) is 4.22. The predicted octanol–water partition coefficient (Wildman–Crippen LogP) is 3.89. The topological polar surface area (TPSA) is 18.5 Å². The molecule has 0 aromatic heterocycles. The molecule has 0 radical (unpaired) electrons. The van der Waals surface area contributed by atoms with Gasteiger partial charge in [0.2, 0.25) is 0 Å². The van der Waals surface area contributed by atoms with Crippen LogP contribution in [0, 0.1) is 0 Å². The van der Waals surface area contributed by atoms with E-state index in [0.29, 0.717) is 6.04 Å². The van der Waals surface area contributed by atoms with Crippen LogP contribution in [0.2, 0.25) is 0 Å². The van der Waals surface area contributed by atoms with E-state index in [1.807, 2.05) is 0 Å². The van der Waals surface area contributed by atoms with Crippen LogP contribution in [-0.4, -0.2) is 50.2 Å². The molecule has 5 rings (SSSR count). The van der Waals surface area contributed by atoms with Crippen LogP contribution in [0.15, 0.2) is 42.5 Å². The van der Waals surface area contributed by atoms with Crippen LogP contribution in [0.3, 0.4) is 0 Å². The van der Waals surface area contributed by atoms with Gasteiger partial charge >= 0.3 is 0 Å². The minimum absolute atomic E-state index is 0.651. The van der Waals surface area contributed by atoms with Gasteiger partial charge in [0.15, 0.2) is 0 Å². The van der Waals surface area contributed by atoms with E-state index in [-0.39, 0.29) is 0 Å². The first-order chi connectivity index (χ1) is 12.8. The molecular formula is C23H29N3. The minimum Gasteiger partial charge on any atom is -0.370 e. The highest BCUT2D eigenvalue weighted by Gasteiger charge is 2.33. The number of rotatable bonds is 2. The van der Waals surface area contributed by atoms with Crippen molar-refractivity contribution in [2.75, 3.05) is 38.1 Å². The summed E-state index contributed by atoms with van der Waals surface area (Å²) in [7, 11) is 2.29. The molecule has 3 heterocycles. The van der Waals surface area contributed by atoms with E-state index >= 15 is 0 Å². The van der Waals surface area contributed by atoms with Crippen LogP contribution in [0.1, 0.15) is 31.2 Å². The second-order valence-corrected chi connectivity index (χ2v) is 8.20. The van der Waals surface area contributed by atoms with Gasteiger partial charge in [-0.1, -0.05) is 24.3 Å². The fourth-order valence-electron chi connectivity index (χ4n) is 4.99. The van der Waals surface area contributed by atoms with Crippen LogP contribution in [0.4, 0.5) is 5.69 Å². The van der Waals surface area contributed by atoms with E-state index in [9.17, 15) is 0 Å². The zero-order valence-corrected chi connectivity index (χ0v) is 15.7. The number of benzene rings is 2. The van der Waals surface area contributed by atoms with Crippen molar-refractivity contribution >= 4 is 22.0 Å². The Labute approximate surface area is 156 Å². The molecule has 2 fully saturated rings. The molecule has 3 aliphatic rings. The molecule has 2 bridgehead atoms. The molecule has 2 aromatic carbocycles. The molecule has 0 aliphatic carbocycles. The smallest absolute Gasteiger partial charge is 0.0373 e. The van der Waals surface area contributed by atoms with Crippen molar-refractivity contribution in [3.05, 3.63) is 48.0 Å². The number of likely N-dealkylation sites (N-methyl/N-ethyl adjacent to an activating group) is 1. The summed E-state index contributed by atoms with van der Waals surface area (Å²) in [6.45, 7) is 4.48. The van der Waals surface area contributed by atoms with Crippen molar-refractivity contribution in [3.8, 4) is 0 Å². The first-order valence-corrected chi connectivity index (χ1v) is 10.2. The number of nitrogens with one attached hydrogen (secondary N) is 1. The Balaban J connectivity index is 1.44. The maximum absolute atomic E-state index is 3.49. The van der Waals surface area contributed by atoms with Crippen molar-refractivity contribution < 1.29 is 0 Å². The predicted molar refractivity (Wildman–Crippen MR) is 111 cm³/mol. The molecule has 3 nitrogen and oxygen atoms in total. The largest absolute Gasteiger partial charge is 0.370 e. The SMILES string of the molecule is CN1C2C=C(c3ccc4cc(N5CCCNCC5)ccc4c3)CC1CC2. The Bertz CT molecular complexity index is 832. The number of anilines is 1. The lowest BCUT2D eigenvalue weighted by Crippen LogP contribution is -2.34. The third-order valence-electron chi connectivity index (χ3n) is 6.64. The van der Waals surface area contributed by atoms with Gasteiger partial charge < -0.3 is 10.2 Å². The van der Waals surface area contributed by atoms with E-state index in [4.69, 9.17) is 0 Å². The highest BCUT2D eigenvalue weighted by atomic mass is 15.2. The van der Waals surface area contributed by atoms with Gasteiger partial charge in [0.1, 0.15) is 0 Å². The Hall–Kier alpha value is -1.84. The van der Waals surface area contributed by atoms with Gasteiger partial charge in [-0.25, -0.2) is 0 Å². The summed E-state index contributed by atoms with van der Waals surface area (Å²) >= 11 is 0. The Morgan fingerprint density at radius 1 is 0.962 bits per heavy atom. The summed E-state index contributed by atoms with van der Waals surface area (Å²) in [6, 6.07) is 15.5. The lowest BCUT2D eigenvalue weighted by molar-refractivity contribution is 0.264. The zero-order chi connectivity index (χ0) is 17.5. The summed E-state index contributed by atoms with van der Waals surface area (Å²) in [5.74, 6) is 0. The van der Waals surface area contributed by atoms with Crippen LogP contribution in [0.5, 0.6) is 0 Å². The lowest BCUT2D eigenvalue weighted by atomic mass is 9.93. The van der Waals surface area contributed by atoms with Gasteiger partial charge in [-0.15, -0.1) is 0 Å². The van der Waals surface area contributed by atoms with Crippen molar-refractivity contribution in [1.82, 2.24) is 10.2 Å². The summed E-state index contributed by atoms with van der Waals surface area (Å²) in [6.07, 6.45) is 7.62. The molecule has 3 heteroatoms. The third kappa shape index (κ3) is 2.93. The summed E-state index contributed by atoms with van der Waals surface area (Å²) in [4.78, 5) is 5.08. The first-order valence-electron chi connectivity index (χ1n) is 10.2. The van der Waals surface area contributed by atoms with Crippen LogP contribution in [0.25, 0.3) is 16.3 Å². The number of fused-ring (bicyclic) bond motifs is 3. The summed E-state index contributed by atoms with van der Waals surface area (Å²) in [5.41, 5.74) is 4.35. The molecule has 0 spiro atoms. The van der Waals surface area contributed by atoms with Crippen molar-refractivity contribution in [2.24, 2.45) is 0 Å². The van der Waals surface area contributed by atoms with Gasteiger partial charge in [0.25, 0.3) is 0 Å². The van der Waals surface area contributed by atoms with Gasteiger partial charge in [0.05, 0.1) is 0 Å². The van der Waals surface area contributed by atoms with Crippen LogP contribution >= 0.6 is 0 Å². The van der Waals surface area contributed by atoms with Crippen LogP contribution < -0.4 is 10.2 Å². The second-order valence-electron chi connectivity index (χ2n) is 8.20. The van der Waals surface area contributed by atoms with E-state index in [0.717, 1.165) is 32.2 Å². The third-order valence-corrected chi connectivity index (χ3v) is 6.64. The standard InChI is InChI=1S/C23H29N3/c1-25-21-7-8-22(25)16-20(15-21)18-3-4-19-14-23(6-5-17(19)13-18)26-11-2-9-24-10-12-26/h3-6,13-15,21-22,24H,2,7-12,16H2,1H3. The molecule has 0 saturated carbocycles. The molecule has 3 aliphatic heterocycles. The Morgan fingerprint density at radius 3 is 2.77 bits per heavy atom.